The van der Waals surface area contributed by atoms with Crippen molar-refractivity contribution in [3.63, 3.8) is 0 Å². The van der Waals surface area contributed by atoms with Crippen LogP contribution in [-0.4, -0.2) is 19.6 Å². The van der Waals surface area contributed by atoms with Crippen LogP contribution in [0.1, 0.15) is 323 Å². The molecule has 0 bridgehead atoms. The summed E-state index contributed by atoms with van der Waals surface area (Å²) in [4.78, 5) is 0. The molecular formula is C53H115N3. The van der Waals surface area contributed by atoms with Crippen LogP contribution in [0.2, 0.25) is 0 Å². The third kappa shape index (κ3) is 68.6. The molecule has 0 aromatic carbocycles. The summed E-state index contributed by atoms with van der Waals surface area (Å²) in [6.07, 6.45) is 67.1. The van der Waals surface area contributed by atoms with E-state index < -0.39 is 0 Å². The summed E-state index contributed by atoms with van der Waals surface area (Å²) in [5, 5.41) is 0. The molecule has 0 aliphatic carbocycles. The lowest BCUT2D eigenvalue weighted by atomic mass is 10.0. The largest absolute Gasteiger partial charge is 0.330 e. The zero-order chi connectivity index (χ0) is 41.4. The number of hydrogen-bond donors (Lipinski definition) is 3. The van der Waals surface area contributed by atoms with E-state index in [0.717, 1.165) is 19.6 Å². The molecule has 0 amide bonds. The van der Waals surface area contributed by atoms with Gasteiger partial charge in [0.15, 0.2) is 0 Å². The minimum absolute atomic E-state index is 0.873. The molecule has 0 saturated heterocycles. The zero-order valence-electron chi connectivity index (χ0n) is 40.1. The van der Waals surface area contributed by atoms with Crippen molar-refractivity contribution < 1.29 is 0 Å². The quantitative estimate of drug-likeness (QED) is 0.0537. The van der Waals surface area contributed by atoms with E-state index in [9.17, 15) is 0 Å². The van der Waals surface area contributed by atoms with Gasteiger partial charge in [-0.2, -0.15) is 0 Å². The highest BCUT2D eigenvalue weighted by molar-refractivity contribution is 4.53. The Morgan fingerprint density at radius 3 is 0.321 bits per heavy atom. The maximum atomic E-state index is 5.49. The first-order valence-electron chi connectivity index (χ1n) is 26.8. The topological polar surface area (TPSA) is 78.1 Å². The summed E-state index contributed by atoms with van der Waals surface area (Å²) >= 11 is 0. The van der Waals surface area contributed by atoms with Crippen LogP contribution in [0.3, 0.4) is 0 Å². The lowest BCUT2D eigenvalue weighted by molar-refractivity contribution is 0.525. The Morgan fingerprint density at radius 2 is 0.232 bits per heavy atom. The average Bonchev–Trinajstić information content (AvgIpc) is 3.21. The van der Waals surface area contributed by atoms with Crippen LogP contribution in [0.25, 0.3) is 0 Å². The van der Waals surface area contributed by atoms with Gasteiger partial charge in [-0.25, -0.2) is 0 Å². The molecule has 0 fully saturated rings. The SMILES string of the molecule is CCCCCCCCCCCCCCCCCCCCN.CCCCCCCCCCCCCCCCCCN.CCCCCCCCCCCCCCCN. The molecule has 6 N–H and O–H groups in total. The molecule has 0 aliphatic heterocycles. The molecule has 0 atom stereocenters. The second-order valence-electron chi connectivity index (χ2n) is 17.9. The molecule has 56 heavy (non-hydrogen) atoms. The standard InChI is InChI=1S/C20H43N.C18H39N.C15H33N/c1-2-3-4-5-6-7-8-9-10-11-12-13-14-15-16-17-18-19-20-21;1-2-3-4-5-6-7-8-9-10-11-12-13-14-15-16-17-18-19;1-2-3-4-5-6-7-8-9-10-11-12-13-14-15-16/h2-21H2,1H3;2-19H2,1H3;2-16H2,1H3. The van der Waals surface area contributed by atoms with E-state index in [1.165, 1.54) is 302 Å². The van der Waals surface area contributed by atoms with Gasteiger partial charge >= 0.3 is 0 Å². The van der Waals surface area contributed by atoms with E-state index in [4.69, 9.17) is 17.2 Å². The molecule has 0 heterocycles. The van der Waals surface area contributed by atoms with Crippen LogP contribution < -0.4 is 17.2 Å². The van der Waals surface area contributed by atoms with Crippen molar-refractivity contribution >= 4 is 0 Å². The Balaban J connectivity index is -0.000000759. The number of hydrogen-bond acceptors (Lipinski definition) is 3. The van der Waals surface area contributed by atoms with Crippen molar-refractivity contribution in [3.8, 4) is 0 Å². The minimum Gasteiger partial charge on any atom is -0.330 e. The van der Waals surface area contributed by atoms with E-state index in [2.05, 4.69) is 20.8 Å². The van der Waals surface area contributed by atoms with Gasteiger partial charge in [-0.05, 0) is 38.9 Å². The van der Waals surface area contributed by atoms with Crippen molar-refractivity contribution in [2.24, 2.45) is 17.2 Å². The molecule has 0 aromatic heterocycles. The Hall–Kier alpha value is -0.120. The van der Waals surface area contributed by atoms with Crippen LogP contribution in [-0.2, 0) is 0 Å². The van der Waals surface area contributed by atoms with Crippen LogP contribution in [0.5, 0.6) is 0 Å². The van der Waals surface area contributed by atoms with Crippen LogP contribution >= 0.6 is 0 Å². The van der Waals surface area contributed by atoms with Crippen molar-refractivity contribution in [1.82, 2.24) is 0 Å². The molecular weight excluding hydrogens is 679 g/mol. The van der Waals surface area contributed by atoms with E-state index in [1.807, 2.05) is 0 Å². The molecule has 342 valence electrons. The smallest absolute Gasteiger partial charge is 0.00773 e. The van der Waals surface area contributed by atoms with E-state index in [1.54, 1.807) is 0 Å². The summed E-state index contributed by atoms with van der Waals surface area (Å²) in [6, 6.07) is 0. The first-order chi connectivity index (χ1) is 27.7. The summed E-state index contributed by atoms with van der Waals surface area (Å²) in [5.74, 6) is 0. The van der Waals surface area contributed by atoms with Gasteiger partial charge in [0.05, 0.1) is 0 Å². The highest BCUT2D eigenvalue weighted by Gasteiger charge is 1.97. The Bertz CT molecular complexity index is 533. The number of nitrogens with two attached hydrogens (primary N) is 3. The van der Waals surface area contributed by atoms with E-state index >= 15 is 0 Å². The average molecular weight is 795 g/mol. The highest BCUT2D eigenvalue weighted by Crippen LogP contribution is 2.16. The molecule has 0 aliphatic rings. The van der Waals surface area contributed by atoms with Crippen LogP contribution in [0, 0.1) is 0 Å². The van der Waals surface area contributed by atoms with Crippen molar-refractivity contribution in [3.05, 3.63) is 0 Å². The van der Waals surface area contributed by atoms with Crippen LogP contribution in [0.15, 0.2) is 0 Å². The van der Waals surface area contributed by atoms with Gasteiger partial charge in [-0.15, -0.1) is 0 Å². The first kappa shape index (κ1) is 60.2. The second-order valence-corrected chi connectivity index (χ2v) is 17.9. The molecule has 0 aromatic rings. The molecule has 0 saturated carbocycles. The van der Waals surface area contributed by atoms with Gasteiger partial charge in [-0.3, -0.25) is 0 Å². The third-order valence-corrected chi connectivity index (χ3v) is 11.9. The molecule has 0 radical (unpaired) electrons. The molecule has 0 rings (SSSR count). The van der Waals surface area contributed by atoms with E-state index in [0.29, 0.717) is 0 Å². The lowest BCUT2D eigenvalue weighted by Crippen LogP contribution is -1.97. The number of rotatable bonds is 47. The minimum atomic E-state index is 0.873. The molecule has 0 spiro atoms. The van der Waals surface area contributed by atoms with E-state index in [-0.39, 0.29) is 0 Å². The number of unbranched alkanes of at least 4 members (excludes halogenated alkanes) is 44. The summed E-state index contributed by atoms with van der Waals surface area (Å²) in [5.41, 5.74) is 16.4. The van der Waals surface area contributed by atoms with Gasteiger partial charge in [-0.1, -0.05) is 303 Å². The van der Waals surface area contributed by atoms with Crippen molar-refractivity contribution in [2.75, 3.05) is 19.6 Å². The van der Waals surface area contributed by atoms with Crippen LogP contribution in [0.4, 0.5) is 0 Å². The van der Waals surface area contributed by atoms with Gasteiger partial charge in [0.1, 0.15) is 0 Å². The maximum absolute atomic E-state index is 5.49. The van der Waals surface area contributed by atoms with Crippen molar-refractivity contribution in [1.29, 1.82) is 0 Å². The Labute approximate surface area is 358 Å². The van der Waals surface area contributed by atoms with Gasteiger partial charge in [0.25, 0.3) is 0 Å². The predicted octanol–water partition coefficient (Wildman–Crippen LogP) is 18.2. The van der Waals surface area contributed by atoms with Crippen molar-refractivity contribution in [2.45, 2.75) is 323 Å². The zero-order valence-corrected chi connectivity index (χ0v) is 40.1. The fourth-order valence-corrected chi connectivity index (χ4v) is 7.90. The first-order valence-corrected chi connectivity index (χ1v) is 26.8. The summed E-state index contributed by atoms with van der Waals surface area (Å²) in [7, 11) is 0. The Kier molecular flexibility index (Phi) is 68.8. The predicted molar refractivity (Wildman–Crippen MR) is 261 cm³/mol. The maximum Gasteiger partial charge on any atom is -0.00773 e. The lowest BCUT2D eigenvalue weighted by Gasteiger charge is -2.03. The third-order valence-electron chi connectivity index (χ3n) is 11.9. The highest BCUT2D eigenvalue weighted by atomic mass is 14.5. The molecule has 3 heteroatoms. The Morgan fingerprint density at radius 1 is 0.143 bits per heavy atom. The fourth-order valence-electron chi connectivity index (χ4n) is 7.90. The summed E-state index contributed by atoms with van der Waals surface area (Å²) < 4.78 is 0. The monoisotopic (exact) mass is 794 g/mol. The normalized spacial score (nSPS) is 11.0. The molecule has 0 unspecified atom stereocenters. The van der Waals surface area contributed by atoms with Gasteiger partial charge in [0.2, 0.25) is 0 Å². The van der Waals surface area contributed by atoms with Gasteiger partial charge < -0.3 is 17.2 Å². The summed E-state index contributed by atoms with van der Waals surface area (Å²) in [6.45, 7) is 9.49. The van der Waals surface area contributed by atoms with Gasteiger partial charge in [0, 0.05) is 0 Å². The fraction of sp³-hybridized carbons (Fsp3) is 1.00. The second kappa shape index (κ2) is 64.0. The molecule has 3 nitrogen and oxygen atoms in total.